The topological polar surface area (TPSA) is 84.8 Å². The highest BCUT2D eigenvalue weighted by Crippen LogP contribution is 2.30. The number of carbonyl (C=O) groups is 1. The third-order valence-corrected chi connectivity index (χ3v) is 7.83. The molecular weight excluding hydrogens is 592 g/mol. The summed E-state index contributed by atoms with van der Waals surface area (Å²) in [6.45, 7) is 0.410. The van der Waals surface area contributed by atoms with Crippen LogP contribution in [-0.2, 0) is 6.61 Å². The van der Waals surface area contributed by atoms with Crippen molar-refractivity contribution in [1.82, 2.24) is 10.4 Å². The number of benzene rings is 5. The monoisotopic (exact) mass is 618 g/mol. The Morgan fingerprint density at radius 3 is 2.50 bits per heavy atom. The van der Waals surface area contributed by atoms with Crippen LogP contribution in [0.3, 0.4) is 0 Å². The number of ether oxygens (including phenoxy) is 2. The van der Waals surface area contributed by atoms with Crippen LogP contribution < -0.4 is 20.2 Å². The lowest BCUT2D eigenvalue weighted by molar-refractivity contribution is 0.0955. The van der Waals surface area contributed by atoms with Crippen molar-refractivity contribution >= 4 is 56.7 Å². The van der Waals surface area contributed by atoms with Crippen LogP contribution in [0.1, 0.15) is 21.5 Å². The van der Waals surface area contributed by atoms with Gasteiger partial charge in [0, 0.05) is 27.2 Å². The van der Waals surface area contributed by atoms with Gasteiger partial charge in [0.15, 0.2) is 16.6 Å². The highest BCUT2D eigenvalue weighted by molar-refractivity contribution is 7.14. The number of nitrogens with one attached hydrogen (secondary N) is 2. The second-order valence-corrected chi connectivity index (χ2v) is 11.1. The lowest BCUT2D eigenvalue weighted by atomic mass is 10.1. The first-order valence-electron chi connectivity index (χ1n) is 13.7. The van der Waals surface area contributed by atoms with Gasteiger partial charge in [-0.2, -0.15) is 5.10 Å². The van der Waals surface area contributed by atoms with E-state index >= 15 is 0 Å². The summed E-state index contributed by atoms with van der Waals surface area (Å²) in [7, 11) is 1.59. The average molecular weight is 619 g/mol. The minimum absolute atomic E-state index is 0.321. The first kappa shape index (κ1) is 28.9. The number of nitrogens with zero attached hydrogens (tertiary/aromatic N) is 2. The van der Waals surface area contributed by atoms with Crippen molar-refractivity contribution in [3.8, 4) is 22.8 Å². The number of thiazole rings is 1. The van der Waals surface area contributed by atoms with Crippen LogP contribution in [0.4, 0.5) is 10.8 Å². The normalized spacial score (nSPS) is 11.0. The van der Waals surface area contributed by atoms with Gasteiger partial charge in [0.05, 0.1) is 19.0 Å². The Hall–Kier alpha value is -5.18. The molecule has 7 nitrogen and oxygen atoms in total. The van der Waals surface area contributed by atoms with Crippen LogP contribution in [0.5, 0.6) is 11.5 Å². The van der Waals surface area contributed by atoms with E-state index < -0.39 is 0 Å². The maximum Gasteiger partial charge on any atom is 0.271 e. The lowest BCUT2D eigenvalue weighted by Gasteiger charge is -2.12. The second-order valence-electron chi connectivity index (χ2n) is 9.83. The fourth-order valence-corrected chi connectivity index (χ4v) is 5.38. The van der Waals surface area contributed by atoms with E-state index in [-0.39, 0.29) is 5.91 Å². The molecule has 0 aliphatic heterocycles. The third-order valence-electron chi connectivity index (χ3n) is 6.82. The Labute approximate surface area is 263 Å². The predicted molar refractivity (Wildman–Crippen MR) is 179 cm³/mol. The number of aromatic nitrogens is 1. The van der Waals surface area contributed by atoms with Gasteiger partial charge in [0.2, 0.25) is 0 Å². The summed E-state index contributed by atoms with van der Waals surface area (Å²) in [6.07, 6.45) is 1.56. The Kier molecular flexibility index (Phi) is 8.82. The highest BCUT2D eigenvalue weighted by atomic mass is 35.5. The van der Waals surface area contributed by atoms with Crippen LogP contribution >= 0.6 is 22.9 Å². The number of hydrogen-bond acceptors (Lipinski definition) is 7. The minimum Gasteiger partial charge on any atom is -0.493 e. The smallest absolute Gasteiger partial charge is 0.271 e. The van der Waals surface area contributed by atoms with Gasteiger partial charge in [0.1, 0.15) is 6.61 Å². The molecule has 0 bridgehead atoms. The molecule has 0 aliphatic rings. The maximum atomic E-state index is 12.7. The quantitative estimate of drug-likeness (QED) is 0.118. The predicted octanol–water partition coefficient (Wildman–Crippen LogP) is 8.71. The molecule has 6 aromatic rings. The summed E-state index contributed by atoms with van der Waals surface area (Å²) in [5.41, 5.74) is 7.50. The molecule has 2 N–H and O–H groups in total. The molecule has 1 amide bonds. The first-order valence-corrected chi connectivity index (χ1v) is 15.0. The SMILES string of the molecule is COc1cc(/C=N\NC(=O)c2ccc(-c3csc(Nc4ccc(Cl)cc4)n3)cc2)ccc1OCc1ccc2ccccc2c1. The molecular formula is C35H27ClN4O3S. The maximum absolute atomic E-state index is 12.7. The summed E-state index contributed by atoms with van der Waals surface area (Å²) in [5, 5.41) is 13.2. The zero-order chi connectivity index (χ0) is 30.3. The van der Waals surface area contributed by atoms with Crippen molar-refractivity contribution in [3.63, 3.8) is 0 Å². The van der Waals surface area contributed by atoms with Crippen LogP contribution in [0.2, 0.25) is 5.02 Å². The van der Waals surface area contributed by atoms with E-state index in [0.29, 0.717) is 28.7 Å². The number of anilines is 2. The van der Waals surface area contributed by atoms with Gasteiger partial charge < -0.3 is 14.8 Å². The number of amides is 1. The van der Waals surface area contributed by atoms with Crippen LogP contribution in [-0.4, -0.2) is 24.2 Å². The molecule has 1 heterocycles. The van der Waals surface area contributed by atoms with Gasteiger partial charge in [-0.15, -0.1) is 11.3 Å². The summed E-state index contributed by atoms with van der Waals surface area (Å²) in [6, 6.07) is 34.6. The van der Waals surface area contributed by atoms with Gasteiger partial charge in [0.25, 0.3) is 5.91 Å². The van der Waals surface area contributed by atoms with E-state index in [9.17, 15) is 4.79 Å². The molecule has 0 atom stereocenters. The van der Waals surface area contributed by atoms with E-state index in [4.69, 9.17) is 21.1 Å². The largest absolute Gasteiger partial charge is 0.493 e. The molecule has 0 spiro atoms. The van der Waals surface area contributed by atoms with Crippen molar-refractivity contribution in [2.24, 2.45) is 5.10 Å². The van der Waals surface area contributed by atoms with Crippen molar-refractivity contribution < 1.29 is 14.3 Å². The number of hydrazone groups is 1. The van der Waals surface area contributed by atoms with E-state index in [1.165, 1.54) is 22.1 Å². The molecule has 5 aromatic carbocycles. The van der Waals surface area contributed by atoms with Gasteiger partial charge in [-0.25, -0.2) is 10.4 Å². The number of hydrogen-bond donors (Lipinski definition) is 2. The van der Waals surface area contributed by atoms with E-state index in [0.717, 1.165) is 33.2 Å². The van der Waals surface area contributed by atoms with Gasteiger partial charge in [-0.05, 0) is 82.6 Å². The number of methoxy groups -OCH3 is 1. The average Bonchev–Trinajstić information content (AvgIpc) is 3.53. The summed E-state index contributed by atoms with van der Waals surface area (Å²) >= 11 is 7.46. The first-order chi connectivity index (χ1) is 21.5. The fourth-order valence-electron chi connectivity index (χ4n) is 4.52. The Morgan fingerprint density at radius 1 is 0.909 bits per heavy atom. The summed E-state index contributed by atoms with van der Waals surface area (Å²) in [5.74, 6) is 0.874. The number of rotatable bonds is 10. The number of carbonyl (C=O) groups excluding carboxylic acids is 1. The lowest BCUT2D eigenvalue weighted by Crippen LogP contribution is -2.17. The molecule has 218 valence electrons. The molecule has 1 aromatic heterocycles. The van der Waals surface area contributed by atoms with E-state index in [2.05, 4.69) is 51.2 Å². The Morgan fingerprint density at radius 2 is 1.70 bits per heavy atom. The van der Waals surface area contributed by atoms with Crippen molar-refractivity contribution in [3.05, 3.63) is 136 Å². The molecule has 6 rings (SSSR count). The van der Waals surface area contributed by atoms with Gasteiger partial charge in [-0.3, -0.25) is 4.79 Å². The highest BCUT2D eigenvalue weighted by Gasteiger charge is 2.09. The van der Waals surface area contributed by atoms with Crippen molar-refractivity contribution in [2.75, 3.05) is 12.4 Å². The Balaban J connectivity index is 1.03. The molecule has 44 heavy (non-hydrogen) atoms. The minimum atomic E-state index is -0.321. The molecule has 9 heteroatoms. The zero-order valence-corrected chi connectivity index (χ0v) is 25.2. The van der Waals surface area contributed by atoms with Gasteiger partial charge in [-0.1, -0.05) is 60.1 Å². The molecule has 0 saturated carbocycles. The van der Waals surface area contributed by atoms with Crippen molar-refractivity contribution in [2.45, 2.75) is 6.61 Å². The van der Waals surface area contributed by atoms with Crippen LogP contribution in [0, 0.1) is 0 Å². The van der Waals surface area contributed by atoms with Gasteiger partial charge >= 0.3 is 0 Å². The molecule has 0 unspecified atom stereocenters. The van der Waals surface area contributed by atoms with Crippen molar-refractivity contribution in [1.29, 1.82) is 0 Å². The number of halogens is 1. The standard InChI is InChI=1S/C35H27ClN4O3S/c1-42-33-19-23(7-17-32(33)43-21-24-6-8-25-4-2-3-5-28(25)18-24)20-37-40-34(41)27-11-9-26(10-12-27)31-22-44-35(39-31)38-30-15-13-29(36)14-16-30/h2-20,22H,21H2,1H3,(H,38,39)(H,40,41)/b37-20-. The van der Waals surface area contributed by atoms with Crippen LogP contribution in [0.25, 0.3) is 22.0 Å². The zero-order valence-electron chi connectivity index (χ0n) is 23.7. The van der Waals surface area contributed by atoms with E-state index in [1.807, 2.05) is 72.1 Å². The molecule has 0 radical (unpaired) electrons. The fraction of sp³-hybridized carbons (Fsp3) is 0.0571. The molecule has 0 fully saturated rings. The second kappa shape index (κ2) is 13.4. The molecule has 0 aliphatic carbocycles. The van der Waals surface area contributed by atoms with E-state index in [1.54, 1.807) is 25.5 Å². The summed E-state index contributed by atoms with van der Waals surface area (Å²) in [4.78, 5) is 17.3. The Bertz CT molecular complexity index is 1940. The summed E-state index contributed by atoms with van der Waals surface area (Å²) < 4.78 is 11.6. The van der Waals surface area contributed by atoms with Crippen LogP contribution in [0.15, 0.2) is 120 Å². The number of fused-ring (bicyclic) bond motifs is 1. The molecule has 0 saturated heterocycles. The third kappa shape index (κ3) is 7.06.